The van der Waals surface area contributed by atoms with Gasteiger partial charge in [-0.2, -0.15) is 0 Å². The normalized spacial score (nSPS) is 11.7. The van der Waals surface area contributed by atoms with E-state index in [2.05, 4.69) is 4.98 Å². The summed E-state index contributed by atoms with van der Waals surface area (Å²) in [7, 11) is 0. The summed E-state index contributed by atoms with van der Waals surface area (Å²) in [6.45, 7) is 5.61. The molecular formula is C14H15NO2. The maximum atomic E-state index is 12.1. The number of ketones is 1. The van der Waals surface area contributed by atoms with E-state index < -0.39 is 5.41 Å². The largest absolute Gasteiger partial charge is 0.329 e. The molecule has 0 fully saturated rings. The molecular weight excluding hydrogens is 214 g/mol. The molecule has 17 heavy (non-hydrogen) atoms. The Labute approximate surface area is 99.5 Å². The van der Waals surface area contributed by atoms with Crippen molar-refractivity contribution in [2.75, 3.05) is 0 Å². The number of carbonyl (C=O) groups is 1. The molecule has 0 aliphatic carbocycles. The molecule has 0 radical (unpaired) electrons. The van der Waals surface area contributed by atoms with Crippen molar-refractivity contribution in [1.82, 2.24) is 4.98 Å². The molecule has 1 aromatic carbocycles. The molecule has 1 aromatic heterocycles. The number of H-pyrrole nitrogens is 1. The first-order valence-electron chi connectivity index (χ1n) is 5.56. The third-order valence-electron chi connectivity index (χ3n) is 2.72. The van der Waals surface area contributed by atoms with Crippen molar-refractivity contribution in [2.24, 2.45) is 5.41 Å². The predicted octanol–water partition coefficient (Wildman–Crippen LogP) is 2.76. The fourth-order valence-electron chi connectivity index (χ4n) is 1.76. The van der Waals surface area contributed by atoms with Gasteiger partial charge in [0.2, 0.25) is 0 Å². The highest BCUT2D eigenvalue weighted by Crippen LogP contribution is 2.22. The van der Waals surface area contributed by atoms with Crippen LogP contribution in [0.2, 0.25) is 0 Å². The molecule has 3 heteroatoms. The first-order valence-corrected chi connectivity index (χ1v) is 5.56. The molecule has 0 unspecified atom stereocenters. The van der Waals surface area contributed by atoms with Crippen LogP contribution in [0.1, 0.15) is 31.1 Å². The van der Waals surface area contributed by atoms with Crippen molar-refractivity contribution in [1.29, 1.82) is 0 Å². The highest BCUT2D eigenvalue weighted by Gasteiger charge is 2.22. The molecule has 2 aromatic rings. The van der Waals surface area contributed by atoms with E-state index in [1.807, 2.05) is 32.9 Å². The molecule has 0 bridgehead atoms. The number of rotatable bonds is 1. The minimum absolute atomic E-state index is 0.0441. The molecule has 0 spiro atoms. The second kappa shape index (κ2) is 3.84. The highest BCUT2D eigenvalue weighted by atomic mass is 16.1. The summed E-state index contributed by atoms with van der Waals surface area (Å²) in [6.07, 6.45) is 1.61. The number of aromatic nitrogens is 1. The smallest absolute Gasteiger partial charge is 0.255 e. The molecule has 1 heterocycles. The van der Waals surface area contributed by atoms with E-state index in [1.165, 1.54) is 0 Å². The van der Waals surface area contributed by atoms with Gasteiger partial charge in [0, 0.05) is 22.6 Å². The highest BCUT2D eigenvalue weighted by molar-refractivity contribution is 6.02. The van der Waals surface area contributed by atoms with Gasteiger partial charge >= 0.3 is 0 Å². The van der Waals surface area contributed by atoms with Gasteiger partial charge in [0.05, 0.1) is 0 Å². The summed E-state index contributed by atoms with van der Waals surface area (Å²) >= 11 is 0. The first kappa shape index (κ1) is 11.6. The van der Waals surface area contributed by atoms with Gasteiger partial charge < -0.3 is 4.98 Å². The number of aromatic amines is 1. The maximum absolute atomic E-state index is 12.1. The first-order chi connectivity index (χ1) is 7.89. The van der Waals surface area contributed by atoms with Gasteiger partial charge in [0.25, 0.3) is 5.56 Å². The summed E-state index contributed by atoms with van der Waals surface area (Å²) in [5.41, 5.74) is -0.0114. The van der Waals surface area contributed by atoms with Gasteiger partial charge in [0.15, 0.2) is 5.78 Å². The van der Waals surface area contributed by atoms with Crippen LogP contribution in [-0.2, 0) is 0 Å². The summed E-state index contributed by atoms with van der Waals surface area (Å²) in [4.78, 5) is 26.4. The Morgan fingerprint density at radius 1 is 1.18 bits per heavy atom. The average molecular weight is 229 g/mol. The summed E-state index contributed by atoms with van der Waals surface area (Å²) in [6, 6.07) is 7.07. The van der Waals surface area contributed by atoms with Gasteiger partial charge in [-0.15, -0.1) is 0 Å². The Kier molecular flexibility index (Phi) is 2.62. The number of carbonyl (C=O) groups excluding carboxylic acids is 1. The summed E-state index contributed by atoms with van der Waals surface area (Å²) in [5.74, 6) is 0.0441. The number of pyridine rings is 1. The Morgan fingerprint density at radius 3 is 2.53 bits per heavy atom. The van der Waals surface area contributed by atoms with E-state index in [1.54, 1.807) is 18.3 Å². The lowest BCUT2D eigenvalue weighted by Gasteiger charge is -2.16. The van der Waals surface area contributed by atoms with Crippen LogP contribution in [0.4, 0.5) is 0 Å². The van der Waals surface area contributed by atoms with Crippen LogP contribution < -0.4 is 5.56 Å². The van der Waals surface area contributed by atoms with Crippen LogP contribution in [0.25, 0.3) is 10.8 Å². The quantitative estimate of drug-likeness (QED) is 0.764. The topological polar surface area (TPSA) is 49.9 Å². The molecule has 1 N–H and O–H groups in total. The van der Waals surface area contributed by atoms with Crippen molar-refractivity contribution in [3.8, 4) is 0 Å². The van der Waals surface area contributed by atoms with E-state index in [4.69, 9.17) is 0 Å². The molecule has 3 nitrogen and oxygen atoms in total. The number of fused-ring (bicyclic) bond motifs is 1. The summed E-state index contributed by atoms with van der Waals surface area (Å²) < 4.78 is 0. The van der Waals surface area contributed by atoms with Crippen LogP contribution >= 0.6 is 0 Å². The van der Waals surface area contributed by atoms with Crippen LogP contribution in [0.15, 0.2) is 35.3 Å². The van der Waals surface area contributed by atoms with Gasteiger partial charge in [-0.25, -0.2) is 0 Å². The van der Waals surface area contributed by atoms with Crippen LogP contribution in [-0.4, -0.2) is 10.8 Å². The van der Waals surface area contributed by atoms with Crippen LogP contribution in [0.5, 0.6) is 0 Å². The second-order valence-corrected chi connectivity index (χ2v) is 5.19. The SMILES string of the molecule is CC(C)(C)C(=O)c1ccc2cc[nH]c(=O)c2c1. The molecule has 0 aliphatic rings. The molecule has 88 valence electrons. The van der Waals surface area contributed by atoms with E-state index in [0.29, 0.717) is 10.9 Å². The zero-order valence-electron chi connectivity index (χ0n) is 10.2. The monoisotopic (exact) mass is 229 g/mol. The van der Waals surface area contributed by atoms with Crippen molar-refractivity contribution >= 4 is 16.6 Å². The lowest BCUT2D eigenvalue weighted by molar-refractivity contribution is 0.0858. The van der Waals surface area contributed by atoms with Gasteiger partial charge in [-0.1, -0.05) is 32.9 Å². The zero-order valence-corrected chi connectivity index (χ0v) is 10.2. The number of hydrogen-bond acceptors (Lipinski definition) is 2. The zero-order chi connectivity index (χ0) is 12.6. The lowest BCUT2D eigenvalue weighted by atomic mass is 9.86. The minimum atomic E-state index is -0.435. The molecule has 0 aliphatic heterocycles. The van der Waals surface area contributed by atoms with E-state index in [0.717, 1.165) is 5.39 Å². The molecule has 0 atom stereocenters. The fourth-order valence-corrected chi connectivity index (χ4v) is 1.76. The third-order valence-corrected chi connectivity index (χ3v) is 2.72. The van der Waals surface area contributed by atoms with Crippen LogP contribution in [0, 0.1) is 5.41 Å². The van der Waals surface area contributed by atoms with Gasteiger partial charge in [-0.3, -0.25) is 9.59 Å². The van der Waals surface area contributed by atoms with E-state index in [9.17, 15) is 9.59 Å². The Hall–Kier alpha value is -1.90. The average Bonchev–Trinajstić information content (AvgIpc) is 2.27. The Bertz CT molecular complexity index is 632. The number of nitrogens with one attached hydrogen (secondary N) is 1. The Morgan fingerprint density at radius 2 is 1.88 bits per heavy atom. The van der Waals surface area contributed by atoms with E-state index >= 15 is 0 Å². The maximum Gasteiger partial charge on any atom is 0.255 e. The van der Waals surface area contributed by atoms with Crippen molar-refractivity contribution in [2.45, 2.75) is 20.8 Å². The lowest BCUT2D eigenvalue weighted by Crippen LogP contribution is -2.20. The molecule has 2 rings (SSSR count). The number of benzene rings is 1. The third kappa shape index (κ3) is 2.13. The number of Topliss-reactive ketones (excluding diaryl/α,β-unsaturated/α-hetero) is 1. The molecule has 0 amide bonds. The van der Waals surface area contributed by atoms with Gasteiger partial charge in [0.1, 0.15) is 0 Å². The van der Waals surface area contributed by atoms with Crippen molar-refractivity contribution < 1.29 is 4.79 Å². The van der Waals surface area contributed by atoms with Crippen molar-refractivity contribution in [3.63, 3.8) is 0 Å². The minimum Gasteiger partial charge on any atom is -0.329 e. The second-order valence-electron chi connectivity index (χ2n) is 5.19. The standard InChI is InChI=1S/C14H15NO2/c1-14(2,3)12(16)10-5-4-9-6-7-15-13(17)11(9)8-10/h4-8H,1-3H3,(H,15,17). The number of hydrogen-bond donors (Lipinski definition) is 1. The fraction of sp³-hybridized carbons (Fsp3) is 0.286. The van der Waals surface area contributed by atoms with Gasteiger partial charge in [-0.05, 0) is 17.5 Å². The predicted molar refractivity (Wildman–Crippen MR) is 68.4 cm³/mol. The van der Waals surface area contributed by atoms with E-state index in [-0.39, 0.29) is 11.3 Å². The summed E-state index contributed by atoms with van der Waals surface area (Å²) in [5, 5.41) is 1.40. The molecule has 0 saturated heterocycles. The Balaban J connectivity index is 2.63. The molecule has 0 saturated carbocycles. The van der Waals surface area contributed by atoms with Crippen LogP contribution in [0.3, 0.4) is 0 Å². The van der Waals surface area contributed by atoms with Crippen molar-refractivity contribution in [3.05, 3.63) is 46.4 Å².